The smallest absolute Gasteiger partial charge is 0.316 e. The van der Waals surface area contributed by atoms with E-state index < -0.39 is 5.97 Å². The molecule has 0 saturated heterocycles. The Morgan fingerprint density at radius 1 is 1.15 bits per heavy atom. The standard InChI is InChI=1S/C19H23N3O3S/c1-13-10-14(2)21-19(20-13)26-12-18(24)25-11-17(23)22(4)15(3)16-8-6-5-7-9-16/h5-10,15H,11-12H2,1-4H3. The summed E-state index contributed by atoms with van der Waals surface area (Å²) < 4.78 is 5.09. The van der Waals surface area contributed by atoms with Crippen molar-refractivity contribution in [1.82, 2.24) is 14.9 Å². The second-order valence-electron chi connectivity index (χ2n) is 5.97. The molecule has 0 radical (unpaired) electrons. The van der Waals surface area contributed by atoms with Gasteiger partial charge in [0.2, 0.25) is 0 Å². The Morgan fingerprint density at radius 3 is 2.38 bits per heavy atom. The molecule has 0 N–H and O–H groups in total. The molecule has 1 atom stereocenters. The van der Waals surface area contributed by atoms with Crippen molar-refractivity contribution in [2.24, 2.45) is 0 Å². The molecule has 26 heavy (non-hydrogen) atoms. The van der Waals surface area contributed by atoms with Gasteiger partial charge < -0.3 is 9.64 Å². The van der Waals surface area contributed by atoms with Gasteiger partial charge in [-0.05, 0) is 32.4 Å². The molecule has 1 unspecified atom stereocenters. The number of carbonyl (C=O) groups is 2. The molecule has 1 amide bonds. The summed E-state index contributed by atoms with van der Waals surface area (Å²) >= 11 is 1.20. The lowest BCUT2D eigenvalue weighted by Gasteiger charge is -2.25. The summed E-state index contributed by atoms with van der Waals surface area (Å²) in [4.78, 5) is 34.2. The molecule has 1 heterocycles. The highest BCUT2D eigenvalue weighted by molar-refractivity contribution is 7.99. The number of thioether (sulfide) groups is 1. The number of aromatic nitrogens is 2. The van der Waals surface area contributed by atoms with E-state index in [1.807, 2.05) is 57.2 Å². The van der Waals surface area contributed by atoms with Gasteiger partial charge >= 0.3 is 5.97 Å². The van der Waals surface area contributed by atoms with Crippen molar-refractivity contribution in [2.75, 3.05) is 19.4 Å². The van der Waals surface area contributed by atoms with E-state index in [4.69, 9.17) is 4.74 Å². The molecule has 2 aromatic rings. The number of esters is 1. The van der Waals surface area contributed by atoms with Crippen LogP contribution in [0.3, 0.4) is 0 Å². The van der Waals surface area contributed by atoms with Crippen LogP contribution < -0.4 is 0 Å². The van der Waals surface area contributed by atoms with E-state index in [0.717, 1.165) is 17.0 Å². The van der Waals surface area contributed by atoms with Gasteiger partial charge in [-0.1, -0.05) is 42.1 Å². The summed E-state index contributed by atoms with van der Waals surface area (Å²) in [5.74, 6) is -0.650. The lowest BCUT2D eigenvalue weighted by molar-refractivity contribution is -0.150. The van der Waals surface area contributed by atoms with Crippen molar-refractivity contribution < 1.29 is 14.3 Å². The maximum atomic E-state index is 12.2. The second kappa shape index (κ2) is 9.33. The van der Waals surface area contributed by atoms with E-state index in [1.165, 1.54) is 11.8 Å². The summed E-state index contributed by atoms with van der Waals surface area (Å²) in [7, 11) is 1.70. The fourth-order valence-electron chi connectivity index (χ4n) is 2.34. The zero-order valence-corrected chi connectivity index (χ0v) is 16.2. The van der Waals surface area contributed by atoms with Crippen LogP contribution in [0.1, 0.15) is 29.9 Å². The van der Waals surface area contributed by atoms with Gasteiger partial charge in [-0.3, -0.25) is 9.59 Å². The predicted molar refractivity (Wildman–Crippen MR) is 101 cm³/mol. The number of rotatable bonds is 7. The summed E-state index contributed by atoms with van der Waals surface area (Å²) in [6.45, 7) is 5.40. The van der Waals surface area contributed by atoms with Crippen molar-refractivity contribution in [1.29, 1.82) is 0 Å². The Hall–Kier alpha value is -2.41. The van der Waals surface area contributed by atoms with Gasteiger partial charge in [0.1, 0.15) is 0 Å². The van der Waals surface area contributed by atoms with Crippen LogP contribution in [-0.2, 0) is 14.3 Å². The molecule has 1 aromatic carbocycles. The van der Waals surface area contributed by atoms with E-state index in [9.17, 15) is 9.59 Å². The van der Waals surface area contributed by atoms with Crippen molar-refractivity contribution in [2.45, 2.75) is 32.0 Å². The van der Waals surface area contributed by atoms with Gasteiger partial charge in [0.15, 0.2) is 11.8 Å². The van der Waals surface area contributed by atoms with Gasteiger partial charge in [0.25, 0.3) is 5.91 Å². The van der Waals surface area contributed by atoms with E-state index in [2.05, 4.69) is 9.97 Å². The van der Waals surface area contributed by atoms with Crippen molar-refractivity contribution in [3.63, 3.8) is 0 Å². The minimum Gasteiger partial charge on any atom is -0.455 e. The molecule has 6 nitrogen and oxygen atoms in total. The average Bonchev–Trinajstić information content (AvgIpc) is 2.63. The quantitative estimate of drug-likeness (QED) is 0.422. The molecule has 1 aromatic heterocycles. The number of hydrogen-bond acceptors (Lipinski definition) is 6. The van der Waals surface area contributed by atoms with Crippen LogP contribution in [0.25, 0.3) is 0 Å². The normalized spacial score (nSPS) is 11.7. The van der Waals surface area contributed by atoms with Crippen molar-refractivity contribution in [3.8, 4) is 0 Å². The van der Waals surface area contributed by atoms with Gasteiger partial charge in [-0.25, -0.2) is 9.97 Å². The first kappa shape index (κ1) is 19.9. The molecule has 0 saturated carbocycles. The highest BCUT2D eigenvalue weighted by Gasteiger charge is 2.18. The molecular weight excluding hydrogens is 350 g/mol. The first-order valence-corrected chi connectivity index (χ1v) is 9.26. The van der Waals surface area contributed by atoms with Crippen molar-refractivity contribution >= 4 is 23.6 Å². The summed E-state index contributed by atoms with van der Waals surface area (Å²) in [5.41, 5.74) is 2.72. The zero-order valence-electron chi connectivity index (χ0n) is 15.4. The molecule has 0 fully saturated rings. The fourth-order valence-corrected chi connectivity index (χ4v) is 3.09. The molecule has 0 aliphatic heterocycles. The Kier molecular flexibility index (Phi) is 7.15. The number of ether oxygens (including phenoxy) is 1. The number of aryl methyl sites for hydroxylation is 2. The minimum atomic E-state index is -0.466. The fraction of sp³-hybridized carbons (Fsp3) is 0.368. The van der Waals surface area contributed by atoms with Gasteiger partial charge in [0.05, 0.1) is 11.8 Å². The topological polar surface area (TPSA) is 72.4 Å². The molecular formula is C19H23N3O3S. The predicted octanol–water partition coefficient (Wildman–Crippen LogP) is 2.95. The second-order valence-corrected chi connectivity index (χ2v) is 6.92. The molecule has 0 spiro atoms. The van der Waals surface area contributed by atoms with Crippen LogP contribution in [0, 0.1) is 13.8 Å². The number of amides is 1. The highest BCUT2D eigenvalue weighted by Crippen LogP contribution is 2.18. The first-order chi connectivity index (χ1) is 12.4. The van der Waals surface area contributed by atoms with E-state index in [0.29, 0.717) is 5.16 Å². The summed E-state index contributed by atoms with van der Waals surface area (Å²) in [6, 6.07) is 11.5. The van der Waals surface area contributed by atoms with Crippen LogP contribution in [0.4, 0.5) is 0 Å². The highest BCUT2D eigenvalue weighted by atomic mass is 32.2. The van der Waals surface area contributed by atoms with E-state index in [-0.39, 0.29) is 24.3 Å². The summed E-state index contributed by atoms with van der Waals surface area (Å²) in [6.07, 6.45) is 0. The lowest BCUT2D eigenvalue weighted by atomic mass is 10.1. The monoisotopic (exact) mass is 373 g/mol. The third-order valence-electron chi connectivity index (χ3n) is 3.89. The molecule has 0 bridgehead atoms. The Bertz CT molecular complexity index is 748. The maximum Gasteiger partial charge on any atom is 0.316 e. The van der Waals surface area contributed by atoms with Crippen LogP contribution in [-0.4, -0.2) is 46.2 Å². The van der Waals surface area contributed by atoms with E-state index in [1.54, 1.807) is 11.9 Å². The first-order valence-electron chi connectivity index (χ1n) is 8.28. The number of carbonyl (C=O) groups excluding carboxylic acids is 2. The maximum absolute atomic E-state index is 12.2. The van der Waals surface area contributed by atoms with Gasteiger partial charge in [-0.15, -0.1) is 0 Å². The molecule has 7 heteroatoms. The van der Waals surface area contributed by atoms with Gasteiger partial charge in [-0.2, -0.15) is 0 Å². The average molecular weight is 373 g/mol. The Balaban J connectivity index is 1.80. The van der Waals surface area contributed by atoms with Crippen LogP contribution in [0.2, 0.25) is 0 Å². The largest absolute Gasteiger partial charge is 0.455 e. The SMILES string of the molecule is Cc1cc(C)nc(SCC(=O)OCC(=O)N(C)C(C)c2ccccc2)n1. The Morgan fingerprint density at radius 2 is 1.77 bits per heavy atom. The Labute approximate surface area is 158 Å². The zero-order chi connectivity index (χ0) is 19.1. The number of nitrogens with zero attached hydrogens (tertiary/aromatic N) is 3. The van der Waals surface area contributed by atoms with E-state index >= 15 is 0 Å². The number of hydrogen-bond donors (Lipinski definition) is 0. The minimum absolute atomic E-state index is 0.0636. The number of likely N-dealkylation sites (N-methyl/N-ethyl adjacent to an activating group) is 1. The molecule has 0 aliphatic rings. The van der Waals surface area contributed by atoms with Crippen molar-refractivity contribution in [3.05, 3.63) is 53.3 Å². The third-order valence-corrected chi connectivity index (χ3v) is 4.71. The van der Waals surface area contributed by atoms with Gasteiger partial charge in [0, 0.05) is 18.4 Å². The van der Waals surface area contributed by atoms with Crippen LogP contribution in [0.15, 0.2) is 41.6 Å². The molecule has 138 valence electrons. The number of benzene rings is 1. The molecule has 0 aliphatic carbocycles. The summed E-state index contributed by atoms with van der Waals surface area (Å²) in [5, 5.41) is 0.528. The van der Waals surface area contributed by atoms with Crippen LogP contribution >= 0.6 is 11.8 Å². The lowest BCUT2D eigenvalue weighted by Crippen LogP contribution is -2.33. The third kappa shape index (κ3) is 5.84. The molecule has 2 rings (SSSR count). The van der Waals surface area contributed by atoms with Crippen LogP contribution in [0.5, 0.6) is 0 Å².